The van der Waals surface area contributed by atoms with E-state index in [4.69, 9.17) is 0 Å². The molecule has 0 aromatic rings. The van der Waals surface area contributed by atoms with Crippen LogP contribution in [0, 0.1) is 0 Å². The summed E-state index contributed by atoms with van der Waals surface area (Å²) in [6, 6.07) is -0.619. The molecule has 0 saturated carbocycles. The van der Waals surface area contributed by atoms with Gasteiger partial charge in [0, 0.05) is 6.42 Å². The molecule has 0 aromatic heterocycles. The molecule has 41 heavy (non-hydrogen) atoms. The lowest BCUT2D eigenvalue weighted by molar-refractivity contribution is -0.123. The monoisotopic (exact) mass is 578 g/mol. The summed E-state index contributed by atoms with van der Waals surface area (Å²) in [5.41, 5.74) is 0. The third-order valence-electron chi connectivity index (χ3n) is 8.18. The molecule has 0 heterocycles. The van der Waals surface area contributed by atoms with E-state index >= 15 is 0 Å². The van der Waals surface area contributed by atoms with Crippen molar-refractivity contribution >= 4 is 5.91 Å². The van der Waals surface area contributed by atoms with E-state index in [2.05, 4.69) is 31.3 Å². The van der Waals surface area contributed by atoms with Gasteiger partial charge in [-0.25, -0.2) is 0 Å². The van der Waals surface area contributed by atoms with Gasteiger partial charge >= 0.3 is 0 Å². The zero-order chi connectivity index (χ0) is 30.1. The third kappa shape index (κ3) is 30.1. The fraction of sp³-hybridized carbons (Fsp3) is 0.865. The number of aliphatic hydroxyl groups is 2. The Morgan fingerprint density at radius 3 is 1.37 bits per heavy atom. The lowest BCUT2D eigenvalue weighted by Gasteiger charge is -2.20. The summed E-state index contributed by atoms with van der Waals surface area (Å²) >= 11 is 0. The van der Waals surface area contributed by atoms with Gasteiger partial charge in [0.15, 0.2) is 0 Å². The van der Waals surface area contributed by atoms with Gasteiger partial charge in [0.1, 0.15) is 0 Å². The Morgan fingerprint density at radius 2 is 0.927 bits per heavy atom. The van der Waals surface area contributed by atoms with Gasteiger partial charge in [-0.15, -0.1) is 0 Å². The first-order valence-corrected chi connectivity index (χ1v) is 18.1. The summed E-state index contributed by atoms with van der Waals surface area (Å²) in [7, 11) is 0. The third-order valence-corrected chi connectivity index (χ3v) is 8.18. The van der Waals surface area contributed by atoms with Gasteiger partial charge in [-0.2, -0.15) is 0 Å². The number of rotatable bonds is 32. The van der Waals surface area contributed by atoms with Crippen molar-refractivity contribution in [3.8, 4) is 0 Å². The van der Waals surface area contributed by atoms with Crippen LogP contribution in [-0.4, -0.2) is 34.9 Å². The second-order valence-corrected chi connectivity index (χ2v) is 12.3. The second kappa shape index (κ2) is 33.4. The van der Waals surface area contributed by atoms with Crippen molar-refractivity contribution in [3.05, 3.63) is 24.3 Å². The number of unbranched alkanes of at least 4 members (excludes halogenated alkanes) is 23. The Labute approximate surface area is 256 Å². The van der Waals surface area contributed by atoms with E-state index in [-0.39, 0.29) is 12.5 Å². The summed E-state index contributed by atoms with van der Waals surface area (Å²) in [6.07, 6.45) is 41.1. The van der Waals surface area contributed by atoms with Crippen molar-refractivity contribution in [1.29, 1.82) is 0 Å². The predicted octanol–water partition coefficient (Wildman–Crippen LogP) is 10.5. The minimum absolute atomic E-state index is 0.0704. The zero-order valence-corrected chi connectivity index (χ0v) is 27.6. The summed E-state index contributed by atoms with van der Waals surface area (Å²) in [5, 5.41) is 22.9. The van der Waals surface area contributed by atoms with E-state index in [0.717, 1.165) is 25.7 Å². The second-order valence-electron chi connectivity index (χ2n) is 12.3. The molecule has 3 N–H and O–H groups in total. The summed E-state index contributed by atoms with van der Waals surface area (Å²) in [5.74, 6) is -0.0704. The Hall–Kier alpha value is -1.13. The van der Waals surface area contributed by atoms with Gasteiger partial charge in [-0.1, -0.05) is 160 Å². The molecule has 4 heteroatoms. The van der Waals surface area contributed by atoms with Gasteiger partial charge in [0.05, 0.1) is 18.8 Å². The fourth-order valence-corrected chi connectivity index (χ4v) is 5.35. The van der Waals surface area contributed by atoms with Crippen LogP contribution in [0.3, 0.4) is 0 Å². The van der Waals surface area contributed by atoms with E-state index in [0.29, 0.717) is 6.42 Å². The number of allylic oxidation sites excluding steroid dienone is 3. The van der Waals surface area contributed by atoms with Crippen LogP contribution >= 0.6 is 0 Å². The van der Waals surface area contributed by atoms with Crippen molar-refractivity contribution < 1.29 is 15.0 Å². The number of carbonyl (C=O) groups excluding carboxylic acids is 1. The molecule has 0 aliphatic heterocycles. The maximum Gasteiger partial charge on any atom is 0.220 e. The van der Waals surface area contributed by atoms with Gasteiger partial charge in [0.2, 0.25) is 5.91 Å². The minimum Gasteiger partial charge on any atom is -0.394 e. The van der Waals surface area contributed by atoms with Gasteiger partial charge in [0.25, 0.3) is 0 Å². The van der Waals surface area contributed by atoms with Crippen LogP contribution in [0.15, 0.2) is 24.3 Å². The largest absolute Gasteiger partial charge is 0.394 e. The highest BCUT2D eigenvalue weighted by molar-refractivity contribution is 5.76. The van der Waals surface area contributed by atoms with Crippen LogP contribution < -0.4 is 5.32 Å². The van der Waals surface area contributed by atoms with Crippen molar-refractivity contribution in [1.82, 2.24) is 5.32 Å². The smallest absolute Gasteiger partial charge is 0.220 e. The molecule has 2 unspecified atom stereocenters. The average molecular weight is 578 g/mol. The van der Waals surface area contributed by atoms with Crippen molar-refractivity contribution in [2.45, 2.75) is 199 Å². The highest BCUT2D eigenvalue weighted by Gasteiger charge is 2.17. The molecular weight excluding hydrogens is 506 g/mol. The van der Waals surface area contributed by atoms with Crippen LogP contribution in [0.25, 0.3) is 0 Å². The topological polar surface area (TPSA) is 69.6 Å². The molecule has 0 bridgehead atoms. The van der Waals surface area contributed by atoms with Gasteiger partial charge < -0.3 is 15.5 Å². The lowest BCUT2D eigenvalue weighted by Crippen LogP contribution is -2.45. The molecule has 0 saturated heterocycles. The molecule has 0 aliphatic carbocycles. The Bertz CT molecular complexity index is 589. The van der Waals surface area contributed by atoms with E-state index in [1.807, 2.05) is 6.08 Å². The number of hydrogen-bond acceptors (Lipinski definition) is 3. The number of nitrogens with one attached hydrogen (secondary N) is 1. The van der Waals surface area contributed by atoms with Gasteiger partial charge in [-0.05, 0) is 44.9 Å². The Morgan fingerprint density at radius 1 is 0.561 bits per heavy atom. The summed E-state index contributed by atoms with van der Waals surface area (Å²) in [6.45, 7) is 4.28. The average Bonchev–Trinajstić information content (AvgIpc) is 2.97. The van der Waals surface area contributed by atoms with Gasteiger partial charge in [-0.3, -0.25) is 4.79 Å². The van der Waals surface area contributed by atoms with E-state index in [1.54, 1.807) is 6.08 Å². The molecule has 0 aliphatic rings. The first-order chi connectivity index (χ1) is 20.2. The highest BCUT2D eigenvalue weighted by atomic mass is 16.3. The van der Waals surface area contributed by atoms with Crippen molar-refractivity contribution in [3.63, 3.8) is 0 Å². The Balaban J connectivity index is 3.63. The predicted molar refractivity (Wildman–Crippen MR) is 179 cm³/mol. The molecule has 0 spiro atoms. The molecule has 0 aromatic carbocycles. The molecule has 242 valence electrons. The number of carbonyl (C=O) groups is 1. The SMILES string of the molecule is CCCCCC/C=C\CCCCCCCCCC(=O)NC(CO)C(O)/C=C/CCCCCCCCCCCCCC. The zero-order valence-electron chi connectivity index (χ0n) is 27.6. The van der Waals surface area contributed by atoms with E-state index in [9.17, 15) is 15.0 Å². The fourth-order valence-electron chi connectivity index (χ4n) is 5.35. The first-order valence-electron chi connectivity index (χ1n) is 18.1. The van der Waals surface area contributed by atoms with E-state index in [1.165, 1.54) is 141 Å². The molecule has 0 rings (SSSR count). The molecule has 2 atom stereocenters. The molecule has 1 amide bonds. The normalized spacial score (nSPS) is 13.4. The van der Waals surface area contributed by atoms with Crippen LogP contribution in [0.4, 0.5) is 0 Å². The van der Waals surface area contributed by atoms with Crippen molar-refractivity contribution in [2.75, 3.05) is 6.61 Å². The molecule has 0 radical (unpaired) electrons. The highest BCUT2D eigenvalue weighted by Crippen LogP contribution is 2.13. The first kappa shape index (κ1) is 39.9. The standard InChI is InChI=1S/C37H71NO3/c1-3-5-7-9-11-13-15-17-19-21-23-25-27-29-31-33-37(41)38-35(34-39)36(40)32-30-28-26-24-22-20-18-16-14-12-10-8-6-4-2/h13,15,30,32,35-36,39-40H,3-12,14,16-29,31,33-34H2,1-2H3,(H,38,41)/b15-13-,32-30+. The van der Waals surface area contributed by atoms with Crippen molar-refractivity contribution in [2.24, 2.45) is 0 Å². The van der Waals surface area contributed by atoms with Crippen LogP contribution in [-0.2, 0) is 4.79 Å². The van der Waals surface area contributed by atoms with Crippen LogP contribution in [0.1, 0.15) is 187 Å². The number of aliphatic hydroxyl groups excluding tert-OH is 2. The maximum absolute atomic E-state index is 12.3. The van der Waals surface area contributed by atoms with Crippen LogP contribution in [0.5, 0.6) is 0 Å². The maximum atomic E-state index is 12.3. The summed E-state index contributed by atoms with van der Waals surface area (Å²) < 4.78 is 0. The van der Waals surface area contributed by atoms with Crippen LogP contribution in [0.2, 0.25) is 0 Å². The molecule has 0 fully saturated rings. The quantitative estimate of drug-likeness (QED) is 0.0550. The number of hydrogen-bond donors (Lipinski definition) is 3. The minimum atomic E-state index is -0.836. The molecular formula is C37H71NO3. The lowest BCUT2D eigenvalue weighted by atomic mass is 10.0. The summed E-state index contributed by atoms with van der Waals surface area (Å²) in [4.78, 5) is 12.3. The Kier molecular flexibility index (Phi) is 32.5. The van der Waals surface area contributed by atoms with E-state index < -0.39 is 12.1 Å². The number of amides is 1. The molecule has 4 nitrogen and oxygen atoms in total.